The van der Waals surface area contributed by atoms with Crippen molar-refractivity contribution in [1.82, 2.24) is 5.32 Å². The molecule has 1 aliphatic rings. The van der Waals surface area contributed by atoms with Crippen LogP contribution in [0.4, 0.5) is 0 Å². The van der Waals surface area contributed by atoms with Gasteiger partial charge >= 0.3 is 0 Å². The van der Waals surface area contributed by atoms with E-state index in [1.165, 1.54) is 199 Å². The lowest BCUT2D eigenvalue weighted by atomic mass is 9.99. The van der Waals surface area contributed by atoms with Gasteiger partial charge in [0.1, 0.15) is 24.4 Å². The zero-order valence-electron chi connectivity index (χ0n) is 39.9. The molecule has 0 aromatic heterocycles. The quantitative estimate of drug-likeness (QED) is 0.0262. The van der Waals surface area contributed by atoms with Gasteiger partial charge in [-0.1, -0.05) is 244 Å². The van der Waals surface area contributed by atoms with Crippen molar-refractivity contribution in [2.75, 3.05) is 13.2 Å². The van der Waals surface area contributed by atoms with Gasteiger partial charge in [0.15, 0.2) is 6.29 Å². The van der Waals surface area contributed by atoms with E-state index in [2.05, 4.69) is 19.2 Å². The predicted molar refractivity (Wildman–Crippen MR) is 254 cm³/mol. The van der Waals surface area contributed by atoms with E-state index in [9.17, 15) is 30.3 Å². The Labute approximate surface area is 376 Å². The summed E-state index contributed by atoms with van der Waals surface area (Å²) in [7, 11) is 0. The number of hydrogen-bond acceptors (Lipinski definition) is 8. The highest BCUT2D eigenvalue weighted by molar-refractivity contribution is 5.76. The molecule has 0 bridgehead atoms. The number of allylic oxidation sites excluding steroid dienone is 1. The van der Waals surface area contributed by atoms with E-state index < -0.39 is 49.5 Å². The molecule has 0 radical (unpaired) electrons. The smallest absolute Gasteiger partial charge is 0.220 e. The second kappa shape index (κ2) is 42.9. The zero-order valence-corrected chi connectivity index (χ0v) is 39.9. The first-order valence-electron chi connectivity index (χ1n) is 26.4. The second-order valence-corrected chi connectivity index (χ2v) is 18.7. The summed E-state index contributed by atoms with van der Waals surface area (Å²) in [5, 5.41) is 54.4. The van der Waals surface area contributed by atoms with Crippen molar-refractivity contribution in [2.45, 2.75) is 301 Å². The molecule has 1 heterocycles. The first kappa shape index (κ1) is 57.9. The number of aliphatic hydroxyl groups excluding tert-OH is 5. The molecule has 9 nitrogen and oxygen atoms in total. The van der Waals surface area contributed by atoms with E-state index in [0.717, 1.165) is 38.5 Å². The van der Waals surface area contributed by atoms with Crippen molar-refractivity contribution in [3.8, 4) is 0 Å². The average Bonchev–Trinajstić information content (AvgIpc) is 3.26. The zero-order chi connectivity index (χ0) is 44.4. The first-order chi connectivity index (χ1) is 29.8. The van der Waals surface area contributed by atoms with Crippen LogP contribution in [-0.2, 0) is 14.3 Å². The lowest BCUT2D eigenvalue weighted by molar-refractivity contribution is -0.302. The topological polar surface area (TPSA) is 149 Å². The van der Waals surface area contributed by atoms with Gasteiger partial charge in [-0.2, -0.15) is 0 Å². The summed E-state index contributed by atoms with van der Waals surface area (Å²) in [6.07, 6.45) is 44.0. The van der Waals surface area contributed by atoms with Gasteiger partial charge < -0.3 is 40.3 Å². The number of carbonyl (C=O) groups excluding carboxylic acids is 1. The highest BCUT2D eigenvalue weighted by Crippen LogP contribution is 2.23. The number of nitrogens with one attached hydrogen (secondary N) is 1. The van der Waals surface area contributed by atoms with Crippen molar-refractivity contribution >= 4 is 5.91 Å². The number of carbonyl (C=O) groups is 1. The number of ether oxygens (including phenoxy) is 2. The van der Waals surface area contributed by atoms with Crippen molar-refractivity contribution in [2.24, 2.45) is 0 Å². The van der Waals surface area contributed by atoms with Gasteiger partial charge in [-0.15, -0.1) is 0 Å². The highest BCUT2D eigenvalue weighted by Gasteiger charge is 2.44. The van der Waals surface area contributed by atoms with Crippen molar-refractivity contribution in [3.63, 3.8) is 0 Å². The summed E-state index contributed by atoms with van der Waals surface area (Å²) in [4.78, 5) is 13.0. The normalized spacial score (nSPS) is 20.4. The van der Waals surface area contributed by atoms with Crippen LogP contribution in [0.15, 0.2) is 12.2 Å². The Bertz CT molecular complexity index is 966. The van der Waals surface area contributed by atoms with Crippen molar-refractivity contribution < 1.29 is 39.8 Å². The third-order valence-electron chi connectivity index (χ3n) is 12.9. The molecule has 0 aliphatic carbocycles. The van der Waals surface area contributed by atoms with Crippen LogP contribution in [0.1, 0.15) is 258 Å². The van der Waals surface area contributed by atoms with Gasteiger partial charge in [-0.3, -0.25) is 4.79 Å². The van der Waals surface area contributed by atoms with Gasteiger partial charge in [0.05, 0.1) is 25.4 Å². The summed E-state index contributed by atoms with van der Waals surface area (Å²) in [5.74, 6) is -0.171. The minimum atomic E-state index is -1.56. The Morgan fingerprint density at radius 1 is 0.541 bits per heavy atom. The predicted octanol–water partition coefficient (Wildman–Crippen LogP) is 12.1. The fraction of sp³-hybridized carbons (Fsp3) is 0.942. The molecule has 7 unspecified atom stereocenters. The Hall–Kier alpha value is -1.07. The van der Waals surface area contributed by atoms with E-state index in [4.69, 9.17) is 9.47 Å². The molecule has 1 amide bonds. The molecule has 7 atom stereocenters. The van der Waals surface area contributed by atoms with Crippen LogP contribution in [0.2, 0.25) is 0 Å². The van der Waals surface area contributed by atoms with Gasteiger partial charge in [-0.05, 0) is 19.3 Å². The number of hydrogen-bond donors (Lipinski definition) is 6. The largest absolute Gasteiger partial charge is 0.394 e. The van der Waals surface area contributed by atoms with Crippen LogP contribution in [-0.4, -0.2) is 87.5 Å². The fourth-order valence-electron chi connectivity index (χ4n) is 8.63. The van der Waals surface area contributed by atoms with Gasteiger partial charge in [0.2, 0.25) is 5.91 Å². The van der Waals surface area contributed by atoms with E-state index >= 15 is 0 Å². The Morgan fingerprint density at radius 3 is 1.28 bits per heavy atom. The maximum atomic E-state index is 13.0. The van der Waals surface area contributed by atoms with E-state index in [-0.39, 0.29) is 12.5 Å². The number of amides is 1. The molecule has 0 saturated carbocycles. The summed E-state index contributed by atoms with van der Waals surface area (Å²) >= 11 is 0. The van der Waals surface area contributed by atoms with Crippen LogP contribution in [0.25, 0.3) is 0 Å². The van der Waals surface area contributed by atoms with Crippen molar-refractivity contribution in [3.05, 3.63) is 12.2 Å². The Balaban J connectivity index is 2.27. The van der Waals surface area contributed by atoms with E-state index in [1.807, 2.05) is 6.08 Å². The second-order valence-electron chi connectivity index (χ2n) is 18.7. The van der Waals surface area contributed by atoms with Gasteiger partial charge in [0.25, 0.3) is 0 Å². The molecular weight excluding hydrogens is 767 g/mol. The van der Waals surface area contributed by atoms with Gasteiger partial charge in [0, 0.05) is 6.42 Å². The van der Waals surface area contributed by atoms with Gasteiger partial charge in [-0.25, -0.2) is 0 Å². The molecule has 1 rings (SSSR count). The molecule has 1 aliphatic heterocycles. The highest BCUT2D eigenvalue weighted by atomic mass is 16.7. The number of aliphatic hydroxyl groups is 5. The minimum absolute atomic E-state index is 0.171. The molecule has 1 saturated heterocycles. The Morgan fingerprint density at radius 2 is 0.902 bits per heavy atom. The van der Waals surface area contributed by atoms with Crippen molar-refractivity contribution in [1.29, 1.82) is 0 Å². The third-order valence-corrected chi connectivity index (χ3v) is 12.9. The lowest BCUT2D eigenvalue weighted by Crippen LogP contribution is -2.60. The molecule has 6 N–H and O–H groups in total. The van der Waals surface area contributed by atoms with Crippen LogP contribution in [0, 0.1) is 0 Å². The Kier molecular flexibility index (Phi) is 40.7. The number of unbranched alkanes of at least 4 members (excludes halogenated alkanes) is 35. The maximum absolute atomic E-state index is 13.0. The van der Waals surface area contributed by atoms with Crippen LogP contribution in [0.3, 0.4) is 0 Å². The molecule has 1 fully saturated rings. The molecule has 0 aromatic rings. The standard InChI is InChI=1S/C52H101NO8/c1-3-5-7-9-11-13-15-17-19-21-23-25-27-29-31-33-35-37-39-41-46(55)45(44-60-52-51(59)50(58)49(57)47(43-54)61-52)53-48(56)42-40-38-36-34-32-30-28-26-24-22-20-18-16-14-12-10-8-6-4-2/h39,41,45-47,49-52,54-55,57-59H,3-38,40,42-44H2,1-2H3,(H,53,56)/b41-39+. The summed E-state index contributed by atoms with van der Waals surface area (Å²) in [6.45, 7) is 3.81. The molecule has 0 spiro atoms. The summed E-state index contributed by atoms with van der Waals surface area (Å²) in [6, 6.07) is -0.799. The average molecular weight is 868 g/mol. The van der Waals surface area contributed by atoms with E-state index in [0.29, 0.717) is 6.42 Å². The molecule has 0 aromatic carbocycles. The molecule has 9 heteroatoms. The SMILES string of the molecule is CCCCCCCCCCCCCCCCCCC/C=C/C(O)C(COC1OC(CO)C(O)C(O)C1O)NC(=O)CCCCCCCCCCCCCCCCCCCCC. The van der Waals surface area contributed by atoms with Crippen LogP contribution in [0.5, 0.6) is 0 Å². The first-order valence-corrected chi connectivity index (χ1v) is 26.4. The summed E-state index contributed by atoms with van der Waals surface area (Å²) < 4.78 is 11.3. The van der Waals surface area contributed by atoms with Crippen LogP contribution >= 0.6 is 0 Å². The maximum Gasteiger partial charge on any atom is 0.220 e. The monoisotopic (exact) mass is 868 g/mol. The molecule has 362 valence electrons. The van der Waals surface area contributed by atoms with E-state index in [1.54, 1.807) is 6.08 Å². The third kappa shape index (κ3) is 33.1. The summed E-state index contributed by atoms with van der Waals surface area (Å²) in [5.41, 5.74) is 0. The molecular formula is C52H101NO8. The minimum Gasteiger partial charge on any atom is -0.394 e. The lowest BCUT2D eigenvalue weighted by Gasteiger charge is -2.40. The molecule has 61 heavy (non-hydrogen) atoms. The number of rotatable bonds is 45. The fourth-order valence-corrected chi connectivity index (χ4v) is 8.63. The van der Waals surface area contributed by atoms with Crippen LogP contribution < -0.4 is 5.32 Å².